The molecule has 0 radical (unpaired) electrons. The summed E-state index contributed by atoms with van der Waals surface area (Å²) >= 11 is 0. The summed E-state index contributed by atoms with van der Waals surface area (Å²) in [6, 6.07) is 18.4. The smallest absolute Gasteiger partial charge is 0.158 e. The lowest BCUT2D eigenvalue weighted by atomic mass is 9.95. The van der Waals surface area contributed by atoms with Gasteiger partial charge in [-0.15, -0.1) is 0 Å². The Kier molecular flexibility index (Phi) is 8.56. The number of hydroxylamine groups is 3. The van der Waals surface area contributed by atoms with Gasteiger partial charge in [0.1, 0.15) is 6.54 Å². The van der Waals surface area contributed by atoms with Gasteiger partial charge in [-0.1, -0.05) is 94.5 Å². The molecule has 0 saturated heterocycles. The van der Waals surface area contributed by atoms with Crippen molar-refractivity contribution >= 4 is 49.7 Å². The minimum atomic E-state index is 0.196. The summed E-state index contributed by atoms with van der Waals surface area (Å²) in [7, 11) is 6.25. The van der Waals surface area contributed by atoms with Crippen molar-refractivity contribution < 1.29 is 9.48 Å². The molecule has 2 aliphatic rings. The molecule has 7 rings (SSSR count). The van der Waals surface area contributed by atoms with E-state index in [1.54, 1.807) is 0 Å². The van der Waals surface area contributed by atoms with Crippen LogP contribution in [0, 0.1) is 0 Å². The third kappa shape index (κ3) is 4.65. The largest absolute Gasteiger partial charge is 0.332 e. The number of allylic oxidation sites excluding steroid dienone is 3. The van der Waals surface area contributed by atoms with Crippen molar-refractivity contribution in [2.24, 2.45) is 0 Å². The first-order valence-electron chi connectivity index (χ1n) is 16.5. The lowest BCUT2D eigenvalue weighted by Gasteiger charge is -2.42. The van der Waals surface area contributed by atoms with Crippen LogP contribution in [-0.4, -0.2) is 47.6 Å². The molecule has 3 aromatic carbocycles. The van der Waals surface area contributed by atoms with E-state index in [9.17, 15) is 0 Å². The van der Waals surface area contributed by atoms with E-state index < -0.39 is 0 Å². The van der Waals surface area contributed by atoms with Crippen LogP contribution in [-0.2, 0) is 17.9 Å². The van der Waals surface area contributed by atoms with Crippen LogP contribution in [0.1, 0.15) is 63.6 Å². The van der Waals surface area contributed by atoms with Crippen LogP contribution in [0.5, 0.6) is 0 Å². The first-order valence-corrected chi connectivity index (χ1v) is 16.5. The number of hydrogen-bond acceptors (Lipinski definition) is 2. The summed E-state index contributed by atoms with van der Waals surface area (Å²) in [6.07, 6.45) is 13.3. The molecule has 0 saturated carbocycles. The van der Waals surface area contributed by atoms with Gasteiger partial charge in [0.05, 0.1) is 37.8 Å². The highest BCUT2D eigenvalue weighted by atomic mass is 16.7. The minimum Gasteiger partial charge on any atom is -0.332 e. The molecule has 1 aliphatic carbocycles. The maximum Gasteiger partial charge on any atom is 0.158 e. The van der Waals surface area contributed by atoms with Crippen molar-refractivity contribution in [1.82, 2.24) is 14.5 Å². The van der Waals surface area contributed by atoms with E-state index in [1.807, 2.05) is 14.2 Å². The zero-order valence-electron chi connectivity index (χ0n) is 27.5. The summed E-state index contributed by atoms with van der Waals surface area (Å²) < 4.78 is 5.84. The number of rotatable bonds is 8. The molecule has 2 aromatic heterocycles. The van der Waals surface area contributed by atoms with E-state index in [4.69, 9.17) is 4.84 Å². The Labute approximate surface area is 262 Å². The number of nitrogens with one attached hydrogen (secondary N) is 1. The second kappa shape index (κ2) is 12.4. The quantitative estimate of drug-likeness (QED) is 0.144. The fraction of sp³-hybridized carbons (Fsp3) is 0.385. The van der Waals surface area contributed by atoms with Gasteiger partial charge in [-0.2, -0.15) is 4.65 Å². The van der Waals surface area contributed by atoms with Crippen molar-refractivity contribution in [2.45, 2.75) is 71.6 Å². The summed E-state index contributed by atoms with van der Waals surface area (Å²) in [5.41, 5.74) is 9.31. The zero-order chi connectivity index (χ0) is 31.0. The van der Waals surface area contributed by atoms with Crippen LogP contribution in [0.2, 0.25) is 0 Å². The summed E-state index contributed by atoms with van der Waals surface area (Å²) in [5, 5.41) is 8.78. The average Bonchev–Trinajstić information content (AvgIpc) is 3.50. The molecule has 44 heavy (non-hydrogen) atoms. The Hall–Kier alpha value is -3.64. The minimum absolute atomic E-state index is 0.196. The third-order valence-electron chi connectivity index (χ3n) is 9.86. The van der Waals surface area contributed by atoms with Crippen molar-refractivity contribution in [3.63, 3.8) is 0 Å². The first-order chi connectivity index (χ1) is 21.5. The SMILES string of the molecule is C=Cc1c(CNC)c2c3ccccc3n3c2c2c1c1ccccc1n2CC([N+](C)(CC1=CC=CCC1)OC)C3CC.CCC. The van der Waals surface area contributed by atoms with Crippen LogP contribution in [0.25, 0.3) is 49.7 Å². The number of fused-ring (bicyclic) bond motifs is 6. The predicted octanol–water partition coefficient (Wildman–Crippen LogP) is 9.30. The molecule has 5 nitrogen and oxygen atoms in total. The lowest BCUT2D eigenvalue weighted by Crippen LogP contribution is -2.57. The molecule has 0 amide bonds. The van der Waals surface area contributed by atoms with Gasteiger partial charge in [0.25, 0.3) is 0 Å². The summed E-state index contributed by atoms with van der Waals surface area (Å²) in [4.78, 5) is 6.56. The Morgan fingerprint density at radius 3 is 2.30 bits per heavy atom. The summed E-state index contributed by atoms with van der Waals surface area (Å²) in [6.45, 7) is 13.5. The van der Waals surface area contributed by atoms with Gasteiger partial charge >= 0.3 is 0 Å². The van der Waals surface area contributed by atoms with Crippen molar-refractivity contribution in [2.75, 3.05) is 27.7 Å². The normalized spacial score (nSPS) is 19.3. The van der Waals surface area contributed by atoms with E-state index in [-0.39, 0.29) is 12.1 Å². The number of likely N-dealkylation sites (N-methyl/N-ethyl adjacent to an activating group) is 1. The number of quaternary nitrogens is 1. The van der Waals surface area contributed by atoms with Crippen LogP contribution in [0.4, 0.5) is 0 Å². The van der Waals surface area contributed by atoms with E-state index >= 15 is 0 Å². The Morgan fingerprint density at radius 1 is 1.00 bits per heavy atom. The molecule has 0 bridgehead atoms. The van der Waals surface area contributed by atoms with Crippen LogP contribution < -0.4 is 5.32 Å². The highest BCUT2D eigenvalue weighted by molar-refractivity contribution is 6.26. The van der Waals surface area contributed by atoms with Gasteiger partial charge in [-0.25, -0.2) is 4.84 Å². The second-order valence-electron chi connectivity index (χ2n) is 12.6. The van der Waals surface area contributed by atoms with Gasteiger partial charge < -0.3 is 14.5 Å². The van der Waals surface area contributed by atoms with E-state index in [1.165, 1.54) is 66.7 Å². The fourth-order valence-electron chi connectivity index (χ4n) is 8.01. The zero-order valence-corrected chi connectivity index (χ0v) is 27.5. The van der Waals surface area contributed by atoms with Crippen LogP contribution in [0.3, 0.4) is 0 Å². The molecule has 3 heterocycles. The molecule has 0 fully saturated rings. The molecule has 5 aromatic rings. The van der Waals surface area contributed by atoms with E-state index in [0.717, 1.165) is 38.9 Å². The molecule has 0 spiro atoms. The van der Waals surface area contributed by atoms with Gasteiger partial charge in [0.2, 0.25) is 0 Å². The standard InChI is InChI=1S/C36H41N4O.C3H8/c1-6-25-28(21-37-3)34-27-18-12-14-20-31(27)39-29(7-2)32(40(4,41-5)23-24-15-9-8-10-16-24)22-38-30-19-13-11-17-26(30)33(25)35(38)36(34)39;1-3-2/h6,8-9,11-15,17-20,29,32,37H,1,7,10,16,21-23H2,2-5H3;3H2,1-2H3/q+1;. The lowest BCUT2D eigenvalue weighted by molar-refractivity contribution is -1.10. The second-order valence-corrected chi connectivity index (χ2v) is 12.6. The Morgan fingerprint density at radius 2 is 1.68 bits per heavy atom. The first kappa shape index (κ1) is 30.4. The van der Waals surface area contributed by atoms with Gasteiger partial charge in [0, 0.05) is 39.1 Å². The predicted molar refractivity (Wildman–Crippen MR) is 189 cm³/mol. The van der Waals surface area contributed by atoms with Crippen LogP contribution in [0.15, 0.2) is 78.9 Å². The number of nitrogens with zero attached hydrogens (tertiary/aromatic N) is 3. The number of para-hydroxylation sites is 2. The number of aromatic nitrogens is 2. The molecule has 230 valence electrons. The van der Waals surface area contributed by atoms with Crippen molar-refractivity contribution in [3.8, 4) is 0 Å². The Bertz CT molecular complexity index is 1900. The molecule has 1 N–H and O–H groups in total. The van der Waals surface area contributed by atoms with Crippen LogP contribution >= 0.6 is 0 Å². The van der Waals surface area contributed by atoms with Gasteiger partial charge in [-0.3, -0.25) is 0 Å². The molecule has 3 atom stereocenters. The maximum absolute atomic E-state index is 6.56. The maximum atomic E-state index is 6.56. The summed E-state index contributed by atoms with van der Waals surface area (Å²) in [5.74, 6) is 0. The highest BCUT2D eigenvalue weighted by Gasteiger charge is 2.45. The van der Waals surface area contributed by atoms with E-state index in [0.29, 0.717) is 4.65 Å². The van der Waals surface area contributed by atoms with E-state index in [2.05, 4.69) is 122 Å². The third-order valence-corrected chi connectivity index (χ3v) is 9.86. The molecule has 3 unspecified atom stereocenters. The van der Waals surface area contributed by atoms with Gasteiger partial charge in [0.15, 0.2) is 6.04 Å². The monoisotopic (exact) mass is 589 g/mol. The molecular formula is C39H49N4O+. The number of hydrogen-bond donors (Lipinski definition) is 1. The Balaban J connectivity index is 0.00000110. The fourth-order valence-corrected chi connectivity index (χ4v) is 8.01. The van der Waals surface area contributed by atoms with Crippen molar-refractivity contribution in [3.05, 3.63) is 90.0 Å². The highest BCUT2D eigenvalue weighted by Crippen LogP contribution is 2.48. The molecule has 5 heteroatoms. The molecule has 1 aliphatic heterocycles. The average molecular weight is 590 g/mol. The van der Waals surface area contributed by atoms with Gasteiger partial charge in [-0.05, 0) is 55.1 Å². The molecular weight excluding hydrogens is 540 g/mol. The topological polar surface area (TPSA) is 31.1 Å². The number of benzene rings is 3. The van der Waals surface area contributed by atoms with Crippen molar-refractivity contribution in [1.29, 1.82) is 0 Å².